The molecule has 0 aliphatic heterocycles. The summed E-state index contributed by atoms with van der Waals surface area (Å²) < 4.78 is 31.7. The molecule has 20 heavy (non-hydrogen) atoms. The molecule has 0 aliphatic rings. The number of benzene rings is 1. The lowest BCUT2D eigenvalue weighted by molar-refractivity contribution is 0.409. The summed E-state index contributed by atoms with van der Waals surface area (Å²) >= 11 is 0. The van der Waals surface area contributed by atoms with Gasteiger partial charge in [-0.1, -0.05) is 0 Å². The highest BCUT2D eigenvalue weighted by molar-refractivity contribution is 5.92. The molecule has 2 aromatic heterocycles. The van der Waals surface area contributed by atoms with Crippen LogP contribution in [0.15, 0.2) is 24.3 Å². The molecule has 0 radical (unpaired) electrons. The van der Waals surface area contributed by atoms with Gasteiger partial charge in [-0.15, -0.1) is 0 Å². The third kappa shape index (κ3) is 1.89. The summed E-state index contributed by atoms with van der Waals surface area (Å²) in [7, 11) is 1.56. The van der Waals surface area contributed by atoms with Crippen molar-refractivity contribution in [1.29, 1.82) is 0 Å². The number of aromatic nitrogens is 3. The van der Waals surface area contributed by atoms with Crippen molar-refractivity contribution in [3.05, 3.63) is 41.6 Å². The van der Waals surface area contributed by atoms with E-state index >= 15 is 0 Å². The van der Waals surface area contributed by atoms with Crippen molar-refractivity contribution >= 4 is 10.9 Å². The summed E-state index contributed by atoms with van der Waals surface area (Å²) in [6.07, 6.45) is 0. The van der Waals surface area contributed by atoms with E-state index in [2.05, 4.69) is 15.2 Å². The Balaban J connectivity index is 2.19. The number of nitrogens with zero attached hydrogens (tertiary/aromatic N) is 2. The number of hydrogen-bond donors (Lipinski definition) is 1. The number of aryl methyl sites for hydroxylation is 1. The van der Waals surface area contributed by atoms with Crippen molar-refractivity contribution in [3.8, 4) is 17.1 Å². The lowest BCUT2D eigenvalue weighted by Gasteiger charge is -2.05. The largest absolute Gasteiger partial charge is 0.495 e. The van der Waals surface area contributed by atoms with Gasteiger partial charge in [0, 0.05) is 11.5 Å². The number of fused-ring (bicyclic) bond motifs is 1. The lowest BCUT2D eigenvalue weighted by Crippen LogP contribution is -1.93. The first-order chi connectivity index (χ1) is 9.60. The van der Waals surface area contributed by atoms with Gasteiger partial charge in [-0.25, -0.2) is 13.8 Å². The minimum Gasteiger partial charge on any atom is -0.495 e. The zero-order valence-corrected chi connectivity index (χ0v) is 10.9. The Labute approximate surface area is 113 Å². The highest BCUT2D eigenvalue weighted by atomic mass is 19.2. The number of rotatable bonds is 2. The Morgan fingerprint density at radius 1 is 1.15 bits per heavy atom. The fraction of sp³-hybridized carbons (Fsp3) is 0.143. The number of pyridine rings is 1. The monoisotopic (exact) mass is 275 g/mol. The van der Waals surface area contributed by atoms with E-state index in [1.54, 1.807) is 26.2 Å². The molecule has 0 saturated carbocycles. The number of hydrogen-bond acceptors (Lipinski definition) is 3. The van der Waals surface area contributed by atoms with Crippen LogP contribution in [0.5, 0.6) is 5.75 Å². The van der Waals surface area contributed by atoms with E-state index < -0.39 is 11.6 Å². The van der Waals surface area contributed by atoms with Crippen LogP contribution in [0, 0.1) is 18.6 Å². The van der Waals surface area contributed by atoms with Gasteiger partial charge in [0.2, 0.25) is 0 Å². The maximum absolute atomic E-state index is 13.4. The molecule has 1 N–H and O–H groups in total. The predicted octanol–water partition coefficient (Wildman–Crippen LogP) is 3.22. The molecule has 0 amide bonds. The van der Waals surface area contributed by atoms with E-state index in [0.717, 1.165) is 12.1 Å². The molecule has 3 rings (SSSR count). The van der Waals surface area contributed by atoms with Crippen LogP contribution >= 0.6 is 0 Å². The van der Waals surface area contributed by atoms with Gasteiger partial charge in [0.1, 0.15) is 11.4 Å². The zero-order valence-electron chi connectivity index (χ0n) is 10.9. The van der Waals surface area contributed by atoms with Gasteiger partial charge in [-0.3, -0.25) is 5.10 Å². The highest BCUT2D eigenvalue weighted by Gasteiger charge is 2.14. The smallest absolute Gasteiger partial charge is 0.160 e. The van der Waals surface area contributed by atoms with Crippen LogP contribution in [-0.4, -0.2) is 22.3 Å². The van der Waals surface area contributed by atoms with Crippen molar-refractivity contribution in [3.63, 3.8) is 0 Å². The molecule has 0 spiro atoms. The normalized spacial score (nSPS) is 11.0. The maximum Gasteiger partial charge on any atom is 0.160 e. The molecular formula is C14H11F2N3O. The average molecular weight is 275 g/mol. The molecular weight excluding hydrogens is 264 g/mol. The topological polar surface area (TPSA) is 50.8 Å². The van der Waals surface area contributed by atoms with Crippen LogP contribution in [0.3, 0.4) is 0 Å². The molecule has 3 aromatic rings. The molecule has 0 unspecified atom stereocenters. The van der Waals surface area contributed by atoms with Crippen LogP contribution in [-0.2, 0) is 0 Å². The third-order valence-corrected chi connectivity index (χ3v) is 3.10. The number of nitrogens with one attached hydrogen (secondary N) is 1. The Morgan fingerprint density at radius 3 is 2.60 bits per heavy atom. The molecule has 2 heterocycles. The quantitative estimate of drug-likeness (QED) is 0.781. The first-order valence-corrected chi connectivity index (χ1v) is 5.95. The molecule has 4 nitrogen and oxygen atoms in total. The second kappa shape index (κ2) is 4.56. The lowest BCUT2D eigenvalue weighted by atomic mass is 10.1. The summed E-state index contributed by atoms with van der Waals surface area (Å²) in [6, 6.07) is 5.68. The molecule has 1 aromatic carbocycles. The number of H-pyrrole nitrogens is 1. The minimum atomic E-state index is -0.912. The van der Waals surface area contributed by atoms with Crippen molar-refractivity contribution < 1.29 is 13.5 Å². The summed E-state index contributed by atoms with van der Waals surface area (Å²) in [5.74, 6) is -1.16. The Hall–Kier alpha value is -2.50. The van der Waals surface area contributed by atoms with Crippen molar-refractivity contribution in [2.24, 2.45) is 0 Å². The van der Waals surface area contributed by atoms with E-state index in [0.29, 0.717) is 33.7 Å². The van der Waals surface area contributed by atoms with Gasteiger partial charge < -0.3 is 4.74 Å². The Kier molecular flexibility index (Phi) is 2.85. The zero-order chi connectivity index (χ0) is 14.3. The number of aromatic amines is 1. The van der Waals surface area contributed by atoms with E-state index in [1.165, 1.54) is 0 Å². The van der Waals surface area contributed by atoms with E-state index in [-0.39, 0.29) is 0 Å². The van der Waals surface area contributed by atoms with Crippen LogP contribution in [0.25, 0.3) is 22.3 Å². The summed E-state index contributed by atoms with van der Waals surface area (Å²) in [5.41, 5.74) is 2.17. The standard InChI is InChI=1S/C14H11F2N3O/c1-7-13(20-2)4-3-11(17-7)14-8-5-9(15)10(16)6-12(8)18-19-14/h3-6H,1-2H3,(H,18,19). The molecule has 0 atom stereocenters. The number of halogens is 2. The predicted molar refractivity (Wildman–Crippen MR) is 70.5 cm³/mol. The Morgan fingerprint density at radius 2 is 1.90 bits per heavy atom. The first kappa shape index (κ1) is 12.5. The van der Waals surface area contributed by atoms with Crippen LogP contribution in [0.4, 0.5) is 8.78 Å². The van der Waals surface area contributed by atoms with Gasteiger partial charge in [-0.05, 0) is 25.1 Å². The number of methoxy groups -OCH3 is 1. The van der Waals surface area contributed by atoms with E-state index in [1.807, 2.05) is 0 Å². The van der Waals surface area contributed by atoms with Crippen LogP contribution < -0.4 is 4.74 Å². The fourth-order valence-electron chi connectivity index (χ4n) is 2.10. The second-order valence-corrected chi connectivity index (χ2v) is 4.37. The van der Waals surface area contributed by atoms with Crippen molar-refractivity contribution in [2.75, 3.05) is 7.11 Å². The summed E-state index contributed by atoms with van der Waals surface area (Å²) in [5, 5.41) is 7.24. The van der Waals surface area contributed by atoms with E-state index in [9.17, 15) is 8.78 Å². The fourth-order valence-corrected chi connectivity index (χ4v) is 2.10. The first-order valence-electron chi connectivity index (χ1n) is 5.95. The van der Waals surface area contributed by atoms with Crippen molar-refractivity contribution in [1.82, 2.24) is 15.2 Å². The van der Waals surface area contributed by atoms with Gasteiger partial charge in [0.25, 0.3) is 0 Å². The van der Waals surface area contributed by atoms with Gasteiger partial charge in [-0.2, -0.15) is 5.10 Å². The second-order valence-electron chi connectivity index (χ2n) is 4.37. The summed E-state index contributed by atoms with van der Waals surface area (Å²) in [6.45, 7) is 1.80. The van der Waals surface area contributed by atoms with E-state index in [4.69, 9.17) is 4.74 Å². The Bertz CT molecular complexity index is 798. The maximum atomic E-state index is 13.4. The van der Waals surface area contributed by atoms with Gasteiger partial charge in [0.15, 0.2) is 11.6 Å². The van der Waals surface area contributed by atoms with Crippen LogP contribution in [0.2, 0.25) is 0 Å². The summed E-state index contributed by atoms with van der Waals surface area (Å²) in [4.78, 5) is 4.36. The average Bonchev–Trinajstić information content (AvgIpc) is 2.82. The molecule has 6 heteroatoms. The van der Waals surface area contributed by atoms with Crippen LogP contribution in [0.1, 0.15) is 5.69 Å². The minimum absolute atomic E-state index is 0.425. The molecule has 0 aliphatic carbocycles. The molecule has 0 saturated heterocycles. The SMILES string of the molecule is COc1ccc(-c2n[nH]c3cc(F)c(F)cc23)nc1C. The molecule has 0 fully saturated rings. The third-order valence-electron chi connectivity index (χ3n) is 3.10. The number of ether oxygens (including phenoxy) is 1. The molecule has 102 valence electrons. The van der Waals surface area contributed by atoms with Gasteiger partial charge >= 0.3 is 0 Å². The van der Waals surface area contributed by atoms with Crippen molar-refractivity contribution in [2.45, 2.75) is 6.92 Å². The van der Waals surface area contributed by atoms with Gasteiger partial charge in [0.05, 0.1) is 24.0 Å². The highest BCUT2D eigenvalue weighted by Crippen LogP contribution is 2.28. The molecule has 0 bridgehead atoms.